The lowest BCUT2D eigenvalue weighted by Crippen LogP contribution is -2.42. The van der Waals surface area contributed by atoms with E-state index in [4.69, 9.17) is 4.74 Å². The lowest BCUT2D eigenvalue weighted by molar-refractivity contribution is -0.121. The van der Waals surface area contributed by atoms with Crippen molar-refractivity contribution < 1.29 is 18.7 Å². The number of likely N-dealkylation sites (N-methyl/N-ethyl adjacent to an activating group) is 1. The number of ether oxygens (including phenoxy) is 1. The van der Waals surface area contributed by atoms with Crippen LogP contribution in [0.1, 0.15) is 28.8 Å². The quantitative estimate of drug-likeness (QED) is 0.808. The minimum atomic E-state index is -0.409. The maximum Gasteiger partial charge on any atom is 0.251 e. The molecule has 4 atom stereocenters. The summed E-state index contributed by atoms with van der Waals surface area (Å²) in [6, 6.07) is 4.26. The second kappa shape index (κ2) is 6.87. The number of likely N-dealkylation sites (tertiary alicyclic amines) is 1. The average Bonchev–Trinajstić information content (AvgIpc) is 3.29. The van der Waals surface area contributed by atoms with Crippen LogP contribution in [0, 0.1) is 24.6 Å². The van der Waals surface area contributed by atoms with E-state index >= 15 is 0 Å². The second-order valence-electron chi connectivity index (χ2n) is 8.04. The normalized spacial score (nSPS) is 31.7. The second-order valence-corrected chi connectivity index (χ2v) is 8.04. The molecule has 27 heavy (non-hydrogen) atoms. The van der Waals surface area contributed by atoms with Crippen LogP contribution in [0.3, 0.4) is 0 Å². The SMILES string of the molecule is CNC(=O)CN1C[C@@H]2[C@H](CNC(=O)c3cc(F)ccc3C)[C@H]3CC[C@]2(C1)O3. The van der Waals surface area contributed by atoms with Crippen molar-refractivity contribution >= 4 is 11.8 Å². The number of nitrogens with zero attached hydrogens (tertiary/aromatic N) is 1. The van der Waals surface area contributed by atoms with Crippen molar-refractivity contribution in [2.45, 2.75) is 31.5 Å². The van der Waals surface area contributed by atoms with Crippen LogP contribution in [0.2, 0.25) is 0 Å². The lowest BCUT2D eigenvalue weighted by atomic mass is 9.73. The summed E-state index contributed by atoms with van der Waals surface area (Å²) in [6.45, 7) is 4.28. The largest absolute Gasteiger partial charge is 0.370 e. The van der Waals surface area contributed by atoms with E-state index < -0.39 is 5.82 Å². The van der Waals surface area contributed by atoms with E-state index in [1.165, 1.54) is 12.1 Å². The number of halogens is 1. The Labute approximate surface area is 158 Å². The average molecular weight is 375 g/mol. The van der Waals surface area contributed by atoms with Gasteiger partial charge in [0, 0.05) is 44.1 Å². The molecule has 0 unspecified atom stereocenters. The molecule has 7 heteroatoms. The van der Waals surface area contributed by atoms with E-state index in [-0.39, 0.29) is 29.4 Å². The first-order valence-corrected chi connectivity index (χ1v) is 9.57. The first-order valence-electron chi connectivity index (χ1n) is 9.57. The fourth-order valence-corrected chi connectivity index (χ4v) is 5.11. The van der Waals surface area contributed by atoms with Crippen molar-refractivity contribution in [2.24, 2.45) is 11.8 Å². The van der Waals surface area contributed by atoms with Crippen LogP contribution in [-0.2, 0) is 9.53 Å². The topological polar surface area (TPSA) is 70.7 Å². The van der Waals surface area contributed by atoms with E-state index in [9.17, 15) is 14.0 Å². The Morgan fingerprint density at radius 1 is 1.41 bits per heavy atom. The minimum Gasteiger partial charge on any atom is -0.370 e. The van der Waals surface area contributed by atoms with Crippen LogP contribution in [0.5, 0.6) is 0 Å². The molecule has 2 bridgehead atoms. The Morgan fingerprint density at radius 2 is 2.22 bits per heavy atom. The first-order chi connectivity index (χ1) is 12.9. The predicted molar refractivity (Wildman–Crippen MR) is 97.8 cm³/mol. The number of nitrogens with one attached hydrogen (secondary N) is 2. The van der Waals surface area contributed by atoms with Gasteiger partial charge < -0.3 is 15.4 Å². The highest BCUT2D eigenvalue weighted by molar-refractivity contribution is 5.95. The van der Waals surface area contributed by atoms with Gasteiger partial charge in [0.2, 0.25) is 5.91 Å². The molecule has 6 nitrogen and oxygen atoms in total. The summed E-state index contributed by atoms with van der Waals surface area (Å²) in [4.78, 5) is 26.4. The molecule has 3 aliphatic rings. The third-order valence-electron chi connectivity index (χ3n) is 6.44. The lowest BCUT2D eigenvalue weighted by Gasteiger charge is -2.29. The minimum absolute atomic E-state index is 0.00681. The van der Waals surface area contributed by atoms with E-state index in [1.54, 1.807) is 20.0 Å². The number of carbonyl (C=O) groups is 2. The molecule has 3 fully saturated rings. The Hall–Kier alpha value is -1.99. The third-order valence-corrected chi connectivity index (χ3v) is 6.44. The highest BCUT2D eigenvalue weighted by atomic mass is 19.1. The standard InChI is InChI=1S/C20H26FN3O3/c1-12-3-4-13(21)7-14(12)19(26)23-8-15-16-9-24(10-18(25)22-2)11-20(16)6-5-17(15)27-20/h3-4,7,15-17H,5-6,8-11H2,1-2H3,(H,22,25)(H,23,26)/t15-,16+,17+,20+/m0/s1. The highest BCUT2D eigenvalue weighted by Crippen LogP contribution is 2.54. The molecule has 1 aromatic rings. The Balaban J connectivity index is 1.42. The molecule has 3 saturated heterocycles. The Kier molecular flexibility index (Phi) is 4.68. The summed E-state index contributed by atoms with van der Waals surface area (Å²) >= 11 is 0. The maximum atomic E-state index is 13.5. The molecular weight excluding hydrogens is 349 g/mol. The fourth-order valence-electron chi connectivity index (χ4n) is 5.11. The monoisotopic (exact) mass is 375 g/mol. The molecule has 1 aromatic carbocycles. The smallest absolute Gasteiger partial charge is 0.251 e. The van der Waals surface area contributed by atoms with Crippen molar-refractivity contribution in [3.63, 3.8) is 0 Å². The summed E-state index contributed by atoms with van der Waals surface area (Å²) in [7, 11) is 1.65. The Morgan fingerprint density at radius 3 is 3.00 bits per heavy atom. The molecule has 2 N–H and O–H groups in total. The van der Waals surface area contributed by atoms with Crippen molar-refractivity contribution in [3.05, 3.63) is 35.1 Å². The van der Waals surface area contributed by atoms with Gasteiger partial charge in [0.05, 0.1) is 18.2 Å². The van der Waals surface area contributed by atoms with Crippen LogP contribution in [0.4, 0.5) is 4.39 Å². The number of aryl methyl sites for hydroxylation is 1. The predicted octanol–water partition coefficient (Wildman–Crippen LogP) is 1.09. The molecule has 4 rings (SSSR count). The molecule has 1 spiro atoms. The van der Waals surface area contributed by atoms with Crippen LogP contribution in [0.25, 0.3) is 0 Å². The van der Waals surface area contributed by atoms with E-state index in [0.29, 0.717) is 24.6 Å². The molecule has 146 valence electrons. The van der Waals surface area contributed by atoms with Gasteiger partial charge in [-0.1, -0.05) is 6.07 Å². The summed E-state index contributed by atoms with van der Waals surface area (Å²) in [5.41, 5.74) is 0.955. The number of amides is 2. The summed E-state index contributed by atoms with van der Waals surface area (Å²) in [5, 5.41) is 5.66. The van der Waals surface area contributed by atoms with Crippen LogP contribution >= 0.6 is 0 Å². The van der Waals surface area contributed by atoms with Crippen LogP contribution in [-0.4, -0.2) is 61.6 Å². The van der Waals surface area contributed by atoms with Gasteiger partial charge in [-0.05, 0) is 37.5 Å². The van der Waals surface area contributed by atoms with E-state index in [1.807, 2.05) is 0 Å². The number of carbonyl (C=O) groups excluding carboxylic acids is 2. The first kappa shape index (κ1) is 18.4. The van der Waals surface area contributed by atoms with Gasteiger partial charge in [-0.3, -0.25) is 14.5 Å². The van der Waals surface area contributed by atoms with Crippen LogP contribution in [0.15, 0.2) is 18.2 Å². The highest BCUT2D eigenvalue weighted by Gasteiger charge is 2.62. The zero-order valence-electron chi connectivity index (χ0n) is 15.8. The molecule has 0 aliphatic carbocycles. The summed E-state index contributed by atoms with van der Waals surface area (Å²) < 4.78 is 19.8. The Bertz CT molecular complexity index is 771. The number of hydrogen-bond donors (Lipinski definition) is 2. The third kappa shape index (κ3) is 3.23. The van der Waals surface area contributed by atoms with E-state index in [0.717, 1.165) is 31.5 Å². The number of hydrogen-bond acceptors (Lipinski definition) is 4. The summed E-state index contributed by atoms with van der Waals surface area (Å²) in [5.74, 6) is -0.106. The fraction of sp³-hybridized carbons (Fsp3) is 0.600. The molecule has 2 amide bonds. The summed E-state index contributed by atoms with van der Waals surface area (Å²) in [6.07, 6.45) is 2.16. The van der Waals surface area contributed by atoms with Gasteiger partial charge in [-0.2, -0.15) is 0 Å². The van der Waals surface area contributed by atoms with Gasteiger partial charge in [0.25, 0.3) is 5.91 Å². The molecule has 0 aromatic heterocycles. The van der Waals surface area contributed by atoms with Crippen LogP contribution < -0.4 is 10.6 Å². The van der Waals surface area contributed by atoms with Gasteiger partial charge in [0.1, 0.15) is 5.82 Å². The van der Waals surface area contributed by atoms with E-state index in [2.05, 4.69) is 15.5 Å². The molecule has 0 saturated carbocycles. The number of rotatable bonds is 5. The number of benzene rings is 1. The molecule has 0 radical (unpaired) electrons. The van der Waals surface area contributed by atoms with Crippen molar-refractivity contribution in [2.75, 3.05) is 33.2 Å². The maximum absolute atomic E-state index is 13.5. The van der Waals surface area contributed by atoms with Crippen molar-refractivity contribution in [3.8, 4) is 0 Å². The van der Waals surface area contributed by atoms with Crippen molar-refractivity contribution in [1.82, 2.24) is 15.5 Å². The zero-order chi connectivity index (χ0) is 19.2. The van der Waals surface area contributed by atoms with Gasteiger partial charge >= 0.3 is 0 Å². The van der Waals surface area contributed by atoms with Gasteiger partial charge in [0.15, 0.2) is 0 Å². The molecule has 3 aliphatic heterocycles. The number of fused-ring (bicyclic) bond motifs is 1. The molecule has 3 heterocycles. The zero-order valence-corrected chi connectivity index (χ0v) is 15.8. The van der Waals surface area contributed by atoms with Gasteiger partial charge in [-0.15, -0.1) is 0 Å². The van der Waals surface area contributed by atoms with Gasteiger partial charge in [-0.25, -0.2) is 4.39 Å². The molecular formula is C20H26FN3O3. The van der Waals surface area contributed by atoms with Crippen molar-refractivity contribution in [1.29, 1.82) is 0 Å².